The molecule has 0 aliphatic heterocycles. The molecular formula is C19H15BrN2O2. The van der Waals surface area contributed by atoms with Gasteiger partial charge in [0.25, 0.3) is 0 Å². The van der Waals surface area contributed by atoms with E-state index < -0.39 is 5.92 Å². The first kappa shape index (κ1) is 16.3. The van der Waals surface area contributed by atoms with Crippen LogP contribution in [0.1, 0.15) is 17.2 Å². The summed E-state index contributed by atoms with van der Waals surface area (Å²) in [5, 5.41) is 11.8. The topological polar surface area (TPSA) is 55.1 Å². The molecule has 0 radical (unpaired) electrons. The third-order valence-corrected chi connectivity index (χ3v) is 4.61. The highest BCUT2D eigenvalue weighted by atomic mass is 79.9. The highest BCUT2D eigenvalue weighted by Gasteiger charge is 2.22. The second kappa shape index (κ2) is 6.90. The molecule has 0 saturated carbocycles. The fourth-order valence-electron chi connectivity index (χ4n) is 2.74. The van der Waals surface area contributed by atoms with Crippen molar-refractivity contribution in [2.75, 3.05) is 14.2 Å². The van der Waals surface area contributed by atoms with Gasteiger partial charge in [-0.25, -0.2) is 0 Å². The Balaban J connectivity index is 2.21. The van der Waals surface area contributed by atoms with Crippen molar-refractivity contribution in [3.8, 4) is 17.6 Å². The minimum atomic E-state index is -0.523. The van der Waals surface area contributed by atoms with Gasteiger partial charge in [0.2, 0.25) is 0 Å². The average molecular weight is 383 g/mol. The number of benzene rings is 2. The molecule has 0 amide bonds. The molecule has 0 saturated heterocycles. The predicted molar refractivity (Wildman–Crippen MR) is 96.4 cm³/mol. The summed E-state index contributed by atoms with van der Waals surface area (Å²) in [4.78, 5) is 4.48. The smallest absolute Gasteiger partial charge is 0.161 e. The Hall–Kier alpha value is -2.58. The van der Waals surface area contributed by atoms with Crippen LogP contribution in [0.4, 0.5) is 0 Å². The Morgan fingerprint density at radius 2 is 1.79 bits per heavy atom. The normalized spacial score (nSPS) is 11.8. The number of ether oxygens (including phenoxy) is 2. The van der Waals surface area contributed by atoms with E-state index in [2.05, 4.69) is 27.0 Å². The van der Waals surface area contributed by atoms with E-state index in [-0.39, 0.29) is 0 Å². The van der Waals surface area contributed by atoms with Crippen LogP contribution in [0.15, 0.2) is 53.1 Å². The van der Waals surface area contributed by atoms with Crippen LogP contribution in [0.25, 0.3) is 10.8 Å². The number of pyridine rings is 1. The minimum Gasteiger partial charge on any atom is -0.493 e. The Labute approximate surface area is 148 Å². The molecule has 2 aromatic carbocycles. The number of hydrogen-bond acceptors (Lipinski definition) is 4. The van der Waals surface area contributed by atoms with E-state index in [4.69, 9.17) is 9.47 Å². The minimum absolute atomic E-state index is 0.523. The van der Waals surface area contributed by atoms with Crippen molar-refractivity contribution in [2.24, 2.45) is 0 Å². The van der Waals surface area contributed by atoms with E-state index in [1.165, 1.54) is 0 Å². The standard InChI is InChI=1S/C19H15BrN2O2/c1-23-17-9-14(16(20)10-18(17)24-2)15(11-21)19-13-6-4-3-5-12(13)7-8-22-19/h3-10,15H,1-2H3. The monoisotopic (exact) mass is 382 g/mol. The van der Waals surface area contributed by atoms with E-state index in [0.717, 1.165) is 26.5 Å². The van der Waals surface area contributed by atoms with Gasteiger partial charge in [0.05, 0.1) is 26.0 Å². The Bertz CT molecular complexity index is 929. The number of nitrogens with zero attached hydrogens (tertiary/aromatic N) is 2. The highest BCUT2D eigenvalue weighted by Crippen LogP contribution is 2.39. The number of hydrogen-bond donors (Lipinski definition) is 0. The molecule has 0 bridgehead atoms. The van der Waals surface area contributed by atoms with Gasteiger partial charge in [-0.1, -0.05) is 40.2 Å². The molecule has 3 aromatic rings. The molecule has 1 heterocycles. The van der Waals surface area contributed by atoms with Gasteiger partial charge in [-0.3, -0.25) is 4.98 Å². The van der Waals surface area contributed by atoms with Crippen molar-refractivity contribution in [3.05, 3.63) is 64.4 Å². The van der Waals surface area contributed by atoms with Gasteiger partial charge in [-0.05, 0) is 29.1 Å². The molecule has 0 spiro atoms. The maximum Gasteiger partial charge on any atom is 0.161 e. The van der Waals surface area contributed by atoms with Crippen LogP contribution >= 0.6 is 15.9 Å². The molecule has 1 unspecified atom stereocenters. The van der Waals surface area contributed by atoms with Gasteiger partial charge < -0.3 is 9.47 Å². The van der Waals surface area contributed by atoms with Crippen molar-refractivity contribution < 1.29 is 9.47 Å². The lowest BCUT2D eigenvalue weighted by molar-refractivity contribution is 0.354. The van der Waals surface area contributed by atoms with E-state index in [1.807, 2.05) is 42.5 Å². The number of halogens is 1. The molecule has 0 aliphatic rings. The maximum absolute atomic E-state index is 9.82. The summed E-state index contributed by atoms with van der Waals surface area (Å²) in [5.74, 6) is 0.664. The molecule has 1 aromatic heterocycles. The van der Waals surface area contributed by atoms with Crippen LogP contribution in [-0.4, -0.2) is 19.2 Å². The zero-order valence-corrected chi connectivity index (χ0v) is 14.9. The summed E-state index contributed by atoms with van der Waals surface area (Å²) < 4.78 is 11.5. The summed E-state index contributed by atoms with van der Waals surface area (Å²) in [6.45, 7) is 0. The molecule has 120 valence electrons. The molecule has 0 aliphatic carbocycles. The van der Waals surface area contributed by atoms with Crippen LogP contribution in [0.3, 0.4) is 0 Å². The lowest BCUT2D eigenvalue weighted by Crippen LogP contribution is -2.04. The predicted octanol–water partition coefficient (Wildman–Crippen LogP) is 4.67. The molecule has 1 atom stereocenters. The van der Waals surface area contributed by atoms with Gasteiger partial charge in [0.1, 0.15) is 5.92 Å². The fourth-order valence-corrected chi connectivity index (χ4v) is 3.29. The van der Waals surface area contributed by atoms with Crippen molar-refractivity contribution in [3.63, 3.8) is 0 Å². The number of methoxy groups -OCH3 is 2. The van der Waals surface area contributed by atoms with Crippen LogP contribution < -0.4 is 9.47 Å². The third-order valence-electron chi connectivity index (χ3n) is 3.92. The van der Waals surface area contributed by atoms with Gasteiger partial charge in [-0.2, -0.15) is 5.26 Å². The third kappa shape index (κ3) is 2.81. The van der Waals surface area contributed by atoms with E-state index >= 15 is 0 Å². The Morgan fingerprint density at radius 1 is 1.08 bits per heavy atom. The van der Waals surface area contributed by atoms with Crippen LogP contribution in [0.5, 0.6) is 11.5 Å². The summed E-state index contributed by atoms with van der Waals surface area (Å²) in [6.07, 6.45) is 1.73. The lowest BCUT2D eigenvalue weighted by Gasteiger charge is -2.16. The van der Waals surface area contributed by atoms with Crippen molar-refractivity contribution in [2.45, 2.75) is 5.92 Å². The highest BCUT2D eigenvalue weighted by molar-refractivity contribution is 9.10. The molecule has 24 heavy (non-hydrogen) atoms. The summed E-state index contributed by atoms with van der Waals surface area (Å²) in [7, 11) is 3.16. The first-order valence-corrected chi connectivity index (χ1v) is 8.13. The maximum atomic E-state index is 9.82. The van der Waals surface area contributed by atoms with E-state index in [0.29, 0.717) is 11.5 Å². The second-order valence-electron chi connectivity index (χ2n) is 5.21. The van der Waals surface area contributed by atoms with Gasteiger partial charge >= 0.3 is 0 Å². The van der Waals surface area contributed by atoms with Crippen LogP contribution in [0, 0.1) is 11.3 Å². The quantitative estimate of drug-likeness (QED) is 0.657. The molecule has 0 fully saturated rings. The number of nitriles is 1. The molecule has 5 heteroatoms. The first-order chi connectivity index (χ1) is 11.7. The average Bonchev–Trinajstić information content (AvgIpc) is 2.63. The summed E-state index contributed by atoms with van der Waals surface area (Å²) in [5.41, 5.74) is 1.52. The lowest BCUT2D eigenvalue weighted by atomic mass is 9.93. The largest absolute Gasteiger partial charge is 0.493 e. The van der Waals surface area contributed by atoms with Crippen molar-refractivity contribution >= 4 is 26.7 Å². The fraction of sp³-hybridized carbons (Fsp3) is 0.158. The molecular weight excluding hydrogens is 368 g/mol. The SMILES string of the molecule is COc1cc(Br)c(C(C#N)c2nccc3ccccc23)cc1OC. The Kier molecular flexibility index (Phi) is 4.68. The van der Waals surface area contributed by atoms with Gasteiger partial charge in [-0.15, -0.1) is 0 Å². The number of aromatic nitrogens is 1. The summed E-state index contributed by atoms with van der Waals surface area (Å²) >= 11 is 3.54. The van der Waals surface area contributed by atoms with Crippen molar-refractivity contribution in [1.29, 1.82) is 5.26 Å². The second-order valence-corrected chi connectivity index (χ2v) is 6.06. The van der Waals surface area contributed by atoms with Crippen LogP contribution in [-0.2, 0) is 0 Å². The zero-order chi connectivity index (χ0) is 17.1. The number of fused-ring (bicyclic) bond motifs is 1. The van der Waals surface area contributed by atoms with Gasteiger partial charge in [0.15, 0.2) is 11.5 Å². The molecule has 4 nitrogen and oxygen atoms in total. The molecule has 3 rings (SSSR count). The Morgan fingerprint density at radius 3 is 2.50 bits per heavy atom. The van der Waals surface area contributed by atoms with E-state index in [9.17, 15) is 5.26 Å². The van der Waals surface area contributed by atoms with Crippen LogP contribution in [0.2, 0.25) is 0 Å². The van der Waals surface area contributed by atoms with E-state index in [1.54, 1.807) is 20.4 Å². The summed E-state index contributed by atoms with van der Waals surface area (Å²) in [6, 6.07) is 15.9. The first-order valence-electron chi connectivity index (χ1n) is 7.34. The zero-order valence-electron chi connectivity index (χ0n) is 13.3. The van der Waals surface area contributed by atoms with Gasteiger partial charge in [0, 0.05) is 16.1 Å². The van der Waals surface area contributed by atoms with Crippen molar-refractivity contribution in [1.82, 2.24) is 4.98 Å². The number of rotatable bonds is 4. The molecule has 0 N–H and O–H groups in total.